The summed E-state index contributed by atoms with van der Waals surface area (Å²) in [5, 5.41) is 9.26. The molecule has 1 aromatic heterocycles. The van der Waals surface area contributed by atoms with Gasteiger partial charge in [-0.3, -0.25) is 4.98 Å². The maximum atomic E-state index is 12.4. The van der Waals surface area contributed by atoms with E-state index in [2.05, 4.69) is 9.72 Å². The Bertz CT molecular complexity index is 764. The number of aromatic nitrogens is 1. The van der Waals surface area contributed by atoms with E-state index in [-0.39, 0.29) is 17.2 Å². The minimum atomic E-state index is -2.82. The van der Waals surface area contributed by atoms with Gasteiger partial charge in [0.1, 0.15) is 5.75 Å². The zero-order chi connectivity index (χ0) is 17.8. The maximum absolute atomic E-state index is 12.4. The van der Waals surface area contributed by atoms with E-state index in [0.29, 0.717) is 6.42 Å². The van der Waals surface area contributed by atoms with Crippen LogP contribution in [0.3, 0.4) is 0 Å². The SMILES string of the molecule is O=C(O)c1ccncc1CC[C@H]1CCCc2cc(OC(F)F)ccc21. The van der Waals surface area contributed by atoms with Gasteiger partial charge in [0.05, 0.1) is 5.56 Å². The number of halogens is 2. The molecule has 0 fully saturated rings. The van der Waals surface area contributed by atoms with E-state index >= 15 is 0 Å². The predicted octanol–water partition coefficient (Wildman–Crippen LogP) is 4.43. The highest BCUT2D eigenvalue weighted by Gasteiger charge is 2.22. The van der Waals surface area contributed by atoms with Crippen molar-refractivity contribution in [1.82, 2.24) is 4.98 Å². The molecule has 2 aromatic rings. The second-order valence-corrected chi connectivity index (χ2v) is 6.20. The number of rotatable bonds is 6. The number of aryl methyl sites for hydroxylation is 2. The zero-order valence-corrected chi connectivity index (χ0v) is 13.6. The molecular formula is C19H19F2NO3. The molecule has 1 aliphatic rings. The molecule has 0 saturated carbocycles. The summed E-state index contributed by atoms with van der Waals surface area (Å²) in [5.41, 5.74) is 3.19. The molecule has 132 valence electrons. The molecule has 0 radical (unpaired) electrons. The lowest BCUT2D eigenvalue weighted by molar-refractivity contribution is -0.0499. The zero-order valence-electron chi connectivity index (χ0n) is 13.6. The summed E-state index contributed by atoms with van der Waals surface area (Å²) in [7, 11) is 0. The second-order valence-electron chi connectivity index (χ2n) is 6.20. The molecule has 0 spiro atoms. The first-order valence-corrected chi connectivity index (χ1v) is 8.28. The van der Waals surface area contributed by atoms with E-state index in [1.807, 2.05) is 6.07 Å². The number of hydrogen-bond donors (Lipinski definition) is 1. The quantitative estimate of drug-likeness (QED) is 0.839. The van der Waals surface area contributed by atoms with Crippen LogP contribution in [0.2, 0.25) is 0 Å². The monoisotopic (exact) mass is 347 g/mol. The summed E-state index contributed by atoms with van der Waals surface area (Å²) in [6, 6.07) is 6.65. The number of nitrogens with zero attached hydrogens (tertiary/aromatic N) is 1. The van der Waals surface area contributed by atoms with E-state index in [1.165, 1.54) is 12.3 Å². The van der Waals surface area contributed by atoms with E-state index < -0.39 is 12.6 Å². The Hall–Kier alpha value is -2.50. The van der Waals surface area contributed by atoms with Gasteiger partial charge in [-0.2, -0.15) is 8.78 Å². The Balaban J connectivity index is 1.75. The van der Waals surface area contributed by atoms with Gasteiger partial charge >= 0.3 is 12.6 Å². The van der Waals surface area contributed by atoms with Crippen molar-refractivity contribution in [3.05, 3.63) is 58.9 Å². The Labute approximate surface area is 144 Å². The molecule has 0 saturated heterocycles. The lowest BCUT2D eigenvalue weighted by Gasteiger charge is -2.26. The molecule has 0 unspecified atom stereocenters. The summed E-state index contributed by atoms with van der Waals surface area (Å²) in [5.74, 6) is -0.476. The lowest BCUT2D eigenvalue weighted by atomic mass is 9.79. The van der Waals surface area contributed by atoms with Crippen LogP contribution in [0.15, 0.2) is 36.7 Å². The van der Waals surface area contributed by atoms with Crippen molar-refractivity contribution in [2.24, 2.45) is 0 Å². The third-order valence-corrected chi connectivity index (χ3v) is 4.67. The predicted molar refractivity (Wildman–Crippen MR) is 88.3 cm³/mol. The van der Waals surface area contributed by atoms with Gasteiger partial charge in [0.2, 0.25) is 0 Å². The molecule has 0 aliphatic heterocycles. The van der Waals surface area contributed by atoms with Gasteiger partial charge < -0.3 is 9.84 Å². The van der Waals surface area contributed by atoms with Gasteiger partial charge in [-0.05, 0) is 72.9 Å². The number of fused-ring (bicyclic) bond motifs is 1. The van der Waals surface area contributed by atoms with Crippen molar-refractivity contribution in [3.63, 3.8) is 0 Å². The normalized spacial score (nSPS) is 16.5. The van der Waals surface area contributed by atoms with Crippen molar-refractivity contribution < 1.29 is 23.4 Å². The maximum Gasteiger partial charge on any atom is 0.387 e. The summed E-state index contributed by atoms with van der Waals surface area (Å²) < 4.78 is 29.2. The fourth-order valence-electron chi connectivity index (χ4n) is 3.53. The fraction of sp³-hybridized carbons (Fsp3) is 0.368. The van der Waals surface area contributed by atoms with Gasteiger partial charge in [0.15, 0.2) is 0 Å². The van der Waals surface area contributed by atoms with Crippen LogP contribution in [0.1, 0.15) is 52.2 Å². The van der Waals surface area contributed by atoms with Crippen molar-refractivity contribution in [1.29, 1.82) is 0 Å². The lowest BCUT2D eigenvalue weighted by Crippen LogP contribution is -2.12. The van der Waals surface area contributed by atoms with Crippen LogP contribution in [0.5, 0.6) is 5.75 Å². The standard InChI is InChI=1S/C19H19F2NO3/c20-19(21)25-15-6-7-16-12(2-1-3-13(16)10-15)4-5-14-11-22-9-8-17(14)18(23)24/h6-12,19H,1-5H2,(H,23,24)/t12-/m1/s1. The molecule has 0 amide bonds. The first kappa shape index (κ1) is 17.3. The Morgan fingerprint density at radius 1 is 1.36 bits per heavy atom. The number of aromatic carboxylic acids is 1. The number of benzene rings is 1. The summed E-state index contributed by atoms with van der Waals surface area (Å²) in [6.45, 7) is -2.82. The van der Waals surface area contributed by atoms with Gasteiger partial charge in [-0.1, -0.05) is 6.07 Å². The van der Waals surface area contributed by atoms with Crippen molar-refractivity contribution in [2.45, 2.75) is 44.6 Å². The molecule has 4 nitrogen and oxygen atoms in total. The highest BCUT2D eigenvalue weighted by atomic mass is 19.3. The Kier molecular flexibility index (Phi) is 5.26. The molecule has 25 heavy (non-hydrogen) atoms. The van der Waals surface area contributed by atoms with Crippen LogP contribution >= 0.6 is 0 Å². The van der Waals surface area contributed by atoms with Crippen LogP contribution in [0, 0.1) is 0 Å². The molecule has 1 heterocycles. The topological polar surface area (TPSA) is 59.4 Å². The smallest absolute Gasteiger partial charge is 0.387 e. The minimum absolute atomic E-state index is 0.190. The minimum Gasteiger partial charge on any atom is -0.478 e. The van der Waals surface area contributed by atoms with E-state index in [9.17, 15) is 18.7 Å². The second kappa shape index (κ2) is 7.59. The molecule has 3 rings (SSSR count). The van der Waals surface area contributed by atoms with Gasteiger partial charge in [0.25, 0.3) is 0 Å². The van der Waals surface area contributed by atoms with Crippen LogP contribution in [-0.2, 0) is 12.8 Å². The molecule has 1 aliphatic carbocycles. The third-order valence-electron chi connectivity index (χ3n) is 4.67. The van der Waals surface area contributed by atoms with Crippen LogP contribution in [0.4, 0.5) is 8.78 Å². The molecule has 1 N–H and O–H groups in total. The first-order chi connectivity index (χ1) is 12.0. The van der Waals surface area contributed by atoms with Crippen LogP contribution in [-0.4, -0.2) is 22.7 Å². The number of carboxylic acid groups (broad SMARTS) is 1. The molecule has 0 bridgehead atoms. The van der Waals surface area contributed by atoms with E-state index in [1.54, 1.807) is 18.3 Å². The number of hydrogen-bond acceptors (Lipinski definition) is 3. The third kappa shape index (κ3) is 4.13. The van der Waals surface area contributed by atoms with Gasteiger partial charge in [-0.25, -0.2) is 4.79 Å². The highest BCUT2D eigenvalue weighted by molar-refractivity contribution is 5.89. The van der Waals surface area contributed by atoms with Crippen molar-refractivity contribution in [2.75, 3.05) is 0 Å². The highest BCUT2D eigenvalue weighted by Crippen LogP contribution is 2.37. The molecular weight excluding hydrogens is 328 g/mol. The van der Waals surface area contributed by atoms with E-state index in [4.69, 9.17) is 0 Å². The summed E-state index contributed by atoms with van der Waals surface area (Å²) in [6.07, 6.45) is 7.34. The number of alkyl halides is 2. The van der Waals surface area contributed by atoms with Gasteiger partial charge in [-0.15, -0.1) is 0 Å². The van der Waals surface area contributed by atoms with Crippen LogP contribution < -0.4 is 4.74 Å². The molecule has 1 atom stereocenters. The summed E-state index contributed by atoms with van der Waals surface area (Å²) in [4.78, 5) is 15.3. The fourth-order valence-corrected chi connectivity index (χ4v) is 3.53. The average Bonchev–Trinajstić information content (AvgIpc) is 2.59. The number of ether oxygens (including phenoxy) is 1. The largest absolute Gasteiger partial charge is 0.478 e. The van der Waals surface area contributed by atoms with E-state index in [0.717, 1.165) is 42.4 Å². The summed E-state index contributed by atoms with van der Waals surface area (Å²) >= 11 is 0. The first-order valence-electron chi connectivity index (χ1n) is 8.28. The Morgan fingerprint density at radius 2 is 2.20 bits per heavy atom. The van der Waals surface area contributed by atoms with Gasteiger partial charge in [0, 0.05) is 12.4 Å². The Morgan fingerprint density at radius 3 is 2.96 bits per heavy atom. The van der Waals surface area contributed by atoms with Crippen molar-refractivity contribution in [3.8, 4) is 5.75 Å². The molecule has 6 heteroatoms. The number of carboxylic acids is 1. The number of carbonyl (C=O) groups is 1. The average molecular weight is 347 g/mol. The molecule has 1 aromatic carbocycles. The number of pyridine rings is 1. The van der Waals surface area contributed by atoms with Crippen molar-refractivity contribution >= 4 is 5.97 Å². The van der Waals surface area contributed by atoms with Crippen LogP contribution in [0.25, 0.3) is 0 Å².